The summed E-state index contributed by atoms with van der Waals surface area (Å²) in [4.78, 5) is 8.49. The number of sulfonamides is 1. The van der Waals surface area contributed by atoms with Gasteiger partial charge in [-0.2, -0.15) is 0 Å². The molecule has 2 saturated heterocycles. The summed E-state index contributed by atoms with van der Waals surface area (Å²) in [5.41, 5.74) is 4.38. The number of hydrogen-bond acceptors (Lipinski definition) is 8. The summed E-state index contributed by atoms with van der Waals surface area (Å²) in [7, 11) is -3.68. The lowest BCUT2D eigenvalue weighted by Gasteiger charge is -2.35. The van der Waals surface area contributed by atoms with Gasteiger partial charge in [0, 0.05) is 13.1 Å². The minimum atomic E-state index is -3.68. The fraction of sp³-hybridized carbons (Fsp3) is 0.519. The molecule has 3 fully saturated rings. The second kappa shape index (κ2) is 10.3. The molecule has 0 bridgehead atoms. The zero-order valence-corrected chi connectivity index (χ0v) is 23.1. The smallest absolute Gasteiger partial charge is 0.234 e. The summed E-state index contributed by atoms with van der Waals surface area (Å²) >= 11 is 0. The van der Waals surface area contributed by atoms with Crippen LogP contribution in [0.5, 0.6) is 0 Å². The van der Waals surface area contributed by atoms with Crippen molar-refractivity contribution >= 4 is 27.2 Å². The third kappa shape index (κ3) is 5.49. The van der Waals surface area contributed by atoms with E-state index in [2.05, 4.69) is 24.9 Å². The number of alkyl halides is 2. The van der Waals surface area contributed by atoms with E-state index in [4.69, 9.17) is 5.11 Å². The van der Waals surface area contributed by atoms with E-state index < -0.39 is 29.0 Å². The number of halogens is 2. The molecule has 2 N–H and O–H groups in total. The van der Waals surface area contributed by atoms with Crippen molar-refractivity contribution in [3.8, 4) is 17.1 Å². The normalized spacial score (nSPS) is 22.2. The molecule has 0 amide bonds. The number of aryl methyl sites for hydroxylation is 1. The Kier molecular flexibility index (Phi) is 6.89. The molecule has 1 saturated carbocycles. The SMILES string of the molecule is Cc1cc(-c2cn(-c3ccc(NS(=O)(=O)CCO)cc3N3CCC4(CC3)CC4)nn2)nc(N2C[C@@H](F)[C@H](F)C2)c1. The van der Waals surface area contributed by atoms with Gasteiger partial charge in [0.25, 0.3) is 0 Å². The molecule has 4 heterocycles. The largest absolute Gasteiger partial charge is 0.395 e. The van der Waals surface area contributed by atoms with Gasteiger partial charge in [-0.1, -0.05) is 5.21 Å². The number of hydrogen-bond donors (Lipinski definition) is 2. The molecule has 1 aromatic carbocycles. The van der Waals surface area contributed by atoms with E-state index >= 15 is 0 Å². The van der Waals surface area contributed by atoms with Crippen molar-refractivity contribution in [1.82, 2.24) is 20.0 Å². The van der Waals surface area contributed by atoms with Crippen LogP contribution < -0.4 is 14.5 Å². The van der Waals surface area contributed by atoms with Gasteiger partial charge >= 0.3 is 0 Å². The maximum atomic E-state index is 13.8. The van der Waals surface area contributed by atoms with Crippen LogP contribution in [0.15, 0.2) is 36.5 Å². The molecule has 40 heavy (non-hydrogen) atoms. The highest BCUT2D eigenvalue weighted by Gasteiger charge is 2.44. The molecule has 3 aromatic rings. The molecule has 0 radical (unpaired) electrons. The molecule has 6 rings (SSSR count). The lowest BCUT2D eigenvalue weighted by atomic mass is 9.93. The van der Waals surface area contributed by atoms with Crippen LogP contribution in [-0.4, -0.2) is 84.4 Å². The van der Waals surface area contributed by atoms with Gasteiger partial charge in [0.15, 0.2) is 12.3 Å². The number of piperidine rings is 1. The first-order chi connectivity index (χ1) is 19.1. The first kappa shape index (κ1) is 26.9. The molecule has 10 nitrogen and oxygen atoms in total. The molecule has 1 aliphatic carbocycles. The van der Waals surface area contributed by atoms with Crippen molar-refractivity contribution in [2.45, 2.75) is 45.0 Å². The van der Waals surface area contributed by atoms with Gasteiger partial charge in [0.05, 0.1) is 54.4 Å². The Bertz CT molecular complexity index is 1490. The Morgan fingerprint density at radius 1 is 1.00 bits per heavy atom. The Morgan fingerprint density at radius 2 is 1.73 bits per heavy atom. The summed E-state index contributed by atoms with van der Waals surface area (Å²) in [6, 6.07) is 8.92. The third-order valence-electron chi connectivity index (χ3n) is 8.20. The molecular weight excluding hydrogens is 540 g/mol. The van der Waals surface area contributed by atoms with Gasteiger partial charge in [-0.25, -0.2) is 26.9 Å². The number of pyridine rings is 1. The molecule has 214 valence electrons. The van der Waals surface area contributed by atoms with Crippen LogP contribution in [0.2, 0.25) is 0 Å². The van der Waals surface area contributed by atoms with Crippen LogP contribution in [0.3, 0.4) is 0 Å². The summed E-state index contributed by atoms with van der Waals surface area (Å²) in [5.74, 6) is 0.110. The quantitative estimate of drug-likeness (QED) is 0.422. The molecular formula is C27H33F2N7O3S. The van der Waals surface area contributed by atoms with Gasteiger partial charge in [-0.05, 0) is 73.9 Å². The number of nitrogens with one attached hydrogen (secondary N) is 1. The zero-order chi connectivity index (χ0) is 28.1. The first-order valence-corrected chi connectivity index (χ1v) is 15.2. The number of benzene rings is 1. The second-order valence-electron chi connectivity index (χ2n) is 11.2. The monoisotopic (exact) mass is 573 g/mol. The van der Waals surface area contributed by atoms with Crippen molar-refractivity contribution in [1.29, 1.82) is 0 Å². The maximum absolute atomic E-state index is 13.8. The van der Waals surface area contributed by atoms with Crippen molar-refractivity contribution in [3.05, 3.63) is 42.1 Å². The molecule has 3 aliphatic rings. The third-order valence-corrected chi connectivity index (χ3v) is 9.46. The van der Waals surface area contributed by atoms with Gasteiger partial charge in [-0.3, -0.25) is 4.72 Å². The number of aliphatic hydroxyl groups excluding tert-OH is 1. The fourth-order valence-electron chi connectivity index (χ4n) is 5.64. The van der Waals surface area contributed by atoms with Crippen molar-refractivity contribution < 1.29 is 22.3 Å². The number of anilines is 3. The average molecular weight is 574 g/mol. The van der Waals surface area contributed by atoms with Crippen LogP contribution in [0.1, 0.15) is 31.2 Å². The highest BCUT2D eigenvalue weighted by molar-refractivity contribution is 7.92. The summed E-state index contributed by atoms with van der Waals surface area (Å²) in [6.07, 6.45) is 3.38. The minimum Gasteiger partial charge on any atom is -0.395 e. The molecule has 13 heteroatoms. The van der Waals surface area contributed by atoms with Gasteiger partial charge in [0.1, 0.15) is 11.5 Å². The Hall–Kier alpha value is -3.32. The van der Waals surface area contributed by atoms with Gasteiger partial charge < -0.3 is 14.9 Å². The highest BCUT2D eigenvalue weighted by atomic mass is 32.2. The summed E-state index contributed by atoms with van der Waals surface area (Å²) in [5, 5.41) is 17.8. The van der Waals surface area contributed by atoms with E-state index in [1.807, 2.05) is 13.0 Å². The van der Waals surface area contributed by atoms with Crippen LogP contribution in [0, 0.1) is 12.3 Å². The Balaban J connectivity index is 1.32. The van der Waals surface area contributed by atoms with Crippen LogP contribution in [0.25, 0.3) is 17.1 Å². The number of rotatable bonds is 8. The van der Waals surface area contributed by atoms with Gasteiger partial charge in [-0.15, -0.1) is 5.10 Å². The van der Waals surface area contributed by atoms with Crippen LogP contribution in [-0.2, 0) is 10.0 Å². The molecule has 2 atom stereocenters. The molecule has 1 spiro atoms. The lowest BCUT2D eigenvalue weighted by molar-refractivity contribution is 0.217. The number of aliphatic hydroxyl groups is 1. The fourth-order valence-corrected chi connectivity index (χ4v) is 6.46. The van der Waals surface area contributed by atoms with E-state index in [0.717, 1.165) is 42.9 Å². The minimum absolute atomic E-state index is 0.0430. The Morgan fingerprint density at radius 3 is 2.40 bits per heavy atom. The Labute approximate surface area is 232 Å². The van der Waals surface area contributed by atoms with E-state index in [0.29, 0.717) is 28.3 Å². The average Bonchev–Trinajstić information content (AvgIpc) is 3.32. The number of aromatic nitrogens is 4. The van der Waals surface area contributed by atoms with Crippen molar-refractivity contribution in [3.63, 3.8) is 0 Å². The first-order valence-electron chi connectivity index (χ1n) is 13.6. The van der Waals surface area contributed by atoms with E-state index in [9.17, 15) is 17.2 Å². The maximum Gasteiger partial charge on any atom is 0.234 e. The van der Waals surface area contributed by atoms with Crippen molar-refractivity contribution in [2.75, 3.05) is 53.1 Å². The van der Waals surface area contributed by atoms with Crippen LogP contribution >= 0.6 is 0 Å². The van der Waals surface area contributed by atoms with Gasteiger partial charge in [0.2, 0.25) is 10.0 Å². The summed E-state index contributed by atoms with van der Waals surface area (Å²) in [6.45, 7) is 3.05. The molecule has 2 aliphatic heterocycles. The predicted molar refractivity (Wildman–Crippen MR) is 149 cm³/mol. The van der Waals surface area contributed by atoms with E-state index in [1.54, 1.807) is 40.0 Å². The van der Waals surface area contributed by atoms with E-state index in [-0.39, 0.29) is 18.8 Å². The number of nitrogens with zero attached hydrogens (tertiary/aromatic N) is 6. The van der Waals surface area contributed by atoms with Crippen molar-refractivity contribution in [2.24, 2.45) is 5.41 Å². The molecule has 0 unspecified atom stereocenters. The van der Waals surface area contributed by atoms with E-state index in [1.165, 1.54) is 12.8 Å². The lowest BCUT2D eigenvalue weighted by Crippen LogP contribution is -2.35. The zero-order valence-electron chi connectivity index (χ0n) is 22.3. The standard InChI is InChI=1S/C27H33F2N7O3S/c1-18-12-22(30-26(13-18)35-15-20(28)21(29)16-35)23-17-36(33-31-23)24-3-2-19(32-40(38,39)11-10-37)14-25(24)34-8-6-27(4-5-27)7-9-34/h2-3,12-14,17,20-21,32,37H,4-11,15-16H2,1H3/t20-,21-/m1/s1. The van der Waals surface area contributed by atoms with Crippen LogP contribution in [0.4, 0.5) is 26.0 Å². The highest BCUT2D eigenvalue weighted by Crippen LogP contribution is 2.54. The molecule has 2 aromatic heterocycles. The topological polar surface area (TPSA) is 116 Å². The predicted octanol–water partition coefficient (Wildman–Crippen LogP) is 3.25. The summed E-state index contributed by atoms with van der Waals surface area (Å²) < 4.78 is 56.5. The second-order valence-corrected chi connectivity index (χ2v) is 13.1.